The molecule has 2 heteroatoms. The molecule has 0 spiro atoms. The summed E-state index contributed by atoms with van der Waals surface area (Å²) < 4.78 is 13.4. The second kappa shape index (κ2) is 4.75. The average Bonchev–Trinajstić information content (AvgIpc) is 2.99. The normalized spacial score (nSPS) is 24.1. The number of alkyl halides is 1. The lowest BCUT2D eigenvalue weighted by atomic mass is 9.93. The highest BCUT2D eigenvalue weighted by atomic mass is 19.1. The van der Waals surface area contributed by atoms with E-state index in [2.05, 4.69) is 30.0 Å². The van der Waals surface area contributed by atoms with Crippen LogP contribution in [0.1, 0.15) is 42.7 Å². The van der Waals surface area contributed by atoms with E-state index < -0.39 is 6.17 Å². The fourth-order valence-corrected chi connectivity index (χ4v) is 3.31. The molecule has 0 amide bonds. The van der Waals surface area contributed by atoms with E-state index in [0.717, 1.165) is 0 Å². The first-order valence-corrected chi connectivity index (χ1v) is 6.94. The van der Waals surface area contributed by atoms with Gasteiger partial charge in [0.2, 0.25) is 0 Å². The molecule has 1 aromatic carbocycles. The number of nitrogens with zero attached hydrogens (tertiary/aromatic N) is 1. The highest BCUT2D eigenvalue weighted by Gasteiger charge is 2.25. The molecule has 0 radical (unpaired) electrons. The summed E-state index contributed by atoms with van der Waals surface area (Å²) in [4.78, 5) is 2.09. The zero-order valence-corrected chi connectivity index (χ0v) is 10.9. The molecule has 1 fully saturated rings. The highest BCUT2D eigenvalue weighted by Crippen LogP contribution is 2.41. The van der Waals surface area contributed by atoms with Crippen molar-refractivity contribution in [3.05, 3.63) is 41.6 Å². The lowest BCUT2D eigenvalue weighted by Gasteiger charge is -2.25. The Hall–Kier alpha value is -1.31. The molecule has 1 heterocycles. The van der Waals surface area contributed by atoms with Gasteiger partial charge in [0.1, 0.15) is 6.17 Å². The van der Waals surface area contributed by atoms with Gasteiger partial charge >= 0.3 is 0 Å². The number of hydrogen-bond acceptors (Lipinski definition) is 1. The Morgan fingerprint density at radius 3 is 2.67 bits per heavy atom. The van der Waals surface area contributed by atoms with Gasteiger partial charge in [0.25, 0.3) is 0 Å². The fraction of sp³-hybridized carbons (Fsp3) is 0.500. The maximum absolute atomic E-state index is 13.4. The molecule has 1 atom stereocenters. The summed E-state index contributed by atoms with van der Waals surface area (Å²) in [6.45, 7) is 2.61. The Morgan fingerprint density at radius 1 is 1.22 bits per heavy atom. The van der Waals surface area contributed by atoms with Crippen LogP contribution in [0, 0.1) is 6.92 Å². The fourth-order valence-electron chi connectivity index (χ4n) is 3.31. The van der Waals surface area contributed by atoms with Crippen LogP contribution < -0.4 is 4.90 Å². The third-order valence-corrected chi connectivity index (χ3v) is 4.20. The van der Waals surface area contributed by atoms with E-state index in [1.54, 1.807) is 6.08 Å². The molecule has 0 saturated heterocycles. The summed E-state index contributed by atoms with van der Waals surface area (Å²) in [6.07, 6.45) is 7.98. The predicted octanol–water partition coefficient (Wildman–Crippen LogP) is 4.32. The van der Waals surface area contributed by atoms with E-state index in [1.807, 2.05) is 6.20 Å². The molecule has 2 aliphatic rings. The van der Waals surface area contributed by atoms with Crippen molar-refractivity contribution >= 4 is 5.69 Å². The van der Waals surface area contributed by atoms with Crippen LogP contribution in [0.25, 0.3) is 0 Å². The van der Waals surface area contributed by atoms with Crippen LogP contribution in [-0.4, -0.2) is 12.7 Å². The number of benzene rings is 1. The van der Waals surface area contributed by atoms with Crippen molar-refractivity contribution in [1.82, 2.24) is 0 Å². The molecule has 3 rings (SSSR count). The third kappa shape index (κ3) is 2.05. The summed E-state index contributed by atoms with van der Waals surface area (Å²) >= 11 is 0. The highest BCUT2D eigenvalue weighted by molar-refractivity contribution is 5.63. The van der Waals surface area contributed by atoms with Crippen molar-refractivity contribution in [3.63, 3.8) is 0 Å². The van der Waals surface area contributed by atoms with Crippen LogP contribution in [0.5, 0.6) is 0 Å². The number of halogens is 1. The monoisotopic (exact) mass is 245 g/mol. The number of rotatable bonds is 2. The maximum Gasteiger partial charge on any atom is 0.138 e. The molecule has 96 valence electrons. The molecular weight excluding hydrogens is 225 g/mol. The maximum atomic E-state index is 13.4. The average molecular weight is 245 g/mol. The Kier molecular flexibility index (Phi) is 3.11. The molecule has 0 aromatic heterocycles. The van der Waals surface area contributed by atoms with Crippen LogP contribution in [0.15, 0.2) is 30.5 Å². The van der Waals surface area contributed by atoms with Crippen LogP contribution in [-0.2, 0) is 0 Å². The van der Waals surface area contributed by atoms with E-state index in [9.17, 15) is 4.39 Å². The lowest BCUT2D eigenvalue weighted by molar-refractivity contribution is 0.419. The summed E-state index contributed by atoms with van der Waals surface area (Å²) in [6, 6.07) is 6.50. The van der Waals surface area contributed by atoms with Gasteiger partial charge in [0.05, 0.1) is 6.54 Å². The second-order valence-corrected chi connectivity index (χ2v) is 5.50. The Bertz CT molecular complexity index is 460. The first-order valence-electron chi connectivity index (χ1n) is 6.94. The van der Waals surface area contributed by atoms with Gasteiger partial charge in [-0.15, -0.1) is 0 Å². The molecule has 1 aliphatic heterocycles. The summed E-state index contributed by atoms with van der Waals surface area (Å²) in [5, 5.41) is 0. The van der Waals surface area contributed by atoms with Gasteiger partial charge in [0.15, 0.2) is 0 Å². The summed E-state index contributed by atoms with van der Waals surface area (Å²) in [5.41, 5.74) is 3.94. The Morgan fingerprint density at radius 2 is 2.00 bits per heavy atom. The minimum atomic E-state index is -0.818. The number of para-hydroxylation sites is 1. The number of anilines is 1. The zero-order valence-electron chi connectivity index (χ0n) is 10.9. The van der Waals surface area contributed by atoms with Crippen LogP contribution in [0.3, 0.4) is 0 Å². The van der Waals surface area contributed by atoms with Crippen molar-refractivity contribution in [1.29, 1.82) is 0 Å². The molecule has 18 heavy (non-hydrogen) atoms. The van der Waals surface area contributed by atoms with Crippen molar-refractivity contribution in [2.24, 2.45) is 0 Å². The van der Waals surface area contributed by atoms with Gasteiger partial charge in [-0.05, 0) is 42.9 Å². The molecule has 1 nitrogen and oxygen atoms in total. The van der Waals surface area contributed by atoms with Gasteiger partial charge in [-0.1, -0.05) is 31.0 Å². The Balaban J connectivity index is 1.98. The molecule has 0 N–H and O–H groups in total. The molecular formula is C16H20FN. The topological polar surface area (TPSA) is 3.24 Å². The first kappa shape index (κ1) is 11.8. The van der Waals surface area contributed by atoms with Crippen molar-refractivity contribution < 1.29 is 4.39 Å². The van der Waals surface area contributed by atoms with Gasteiger partial charge in [-0.25, -0.2) is 4.39 Å². The predicted molar refractivity (Wildman–Crippen MR) is 73.8 cm³/mol. The molecule has 1 unspecified atom stereocenters. The summed E-state index contributed by atoms with van der Waals surface area (Å²) in [7, 11) is 0. The van der Waals surface area contributed by atoms with Gasteiger partial charge in [-0.2, -0.15) is 0 Å². The van der Waals surface area contributed by atoms with E-state index in [4.69, 9.17) is 0 Å². The van der Waals surface area contributed by atoms with Crippen LogP contribution >= 0.6 is 0 Å². The zero-order chi connectivity index (χ0) is 12.5. The van der Waals surface area contributed by atoms with E-state index in [0.29, 0.717) is 12.5 Å². The molecule has 0 bridgehead atoms. The minimum Gasteiger partial charge on any atom is -0.344 e. The largest absolute Gasteiger partial charge is 0.344 e. The molecule has 1 saturated carbocycles. The summed E-state index contributed by atoms with van der Waals surface area (Å²) in [5.74, 6) is 0.673. The smallest absolute Gasteiger partial charge is 0.138 e. The van der Waals surface area contributed by atoms with Crippen molar-refractivity contribution in [2.75, 3.05) is 11.4 Å². The molecule has 1 aliphatic carbocycles. The van der Waals surface area contributed by atoms with Crippen LogP contribution in [0.2, 0.25) is 0 Å². The second-order valence-electron chi connectivity index (χ2n) is 5.50. The minimum absolute atomic E-state index is 0.477. The van der Waals surface area contributed by atoms with E-state index >= 15 is 0 Å². The standard InChI is InChI=1S/C16H20FN/c1-12-5-4-8-15(13-6-2-3-7-13)16(12)18-10-9-14(17)11-18/h4-5,8-10,13-14H,2-3,6-7,11H2,1H3. The number of aryl methyl sites for hydroxylation is 1. The third-order valence-electron chi connectivity index (χ3n) is 4.20. The van der Waals surface area contributed by atoms with Crippen molar-refractivity contribution in [3.8, 4) is 0 Å². The van der Waals surface area contributed by atoms with Gasteiger partial charge in [0, 0.05) is 11.9 Å². The first-order chi connectivity index (χ1) is 8.75. The Labute approximate surface area is 108 Å². The van der Waals surface area contributed by atoms with E-state index in [1.165, 1.54) is 42.5 Å². The quantitative estimate of drug-likeness (QED) is 0.750. The lowest BCUT2D eigenvalue weighted by Crippen LogP contribution is -2.20. The van der Waals surface area contributed by atoms with Crippen LogP contribution in [0.4, 0.5) is 10.1 Å². The number of hydrogen-bond donors (Lipinski definition) is 0. The van der Waals surface area contributed by atoms with E-state index in [-0.39, 0.29) is 0 Å². The SMILES string of the molecule is Cc1cccc(C2CCCC2)c1N1C=CC(F)C1. The molecule has 1 aromatic rings. The van der Waals surface area contributed by atoms with Gasteiger partial charge in [-0.3, -0.25) is 0 Å². The van der Waals surface area contributed by atoms with Gasteiger partial charge < -0.3 is 4.90 Å². The van der Waals surface area contributed by atoms with Crippen molar-refractivity contribution in [2.45, 2.75) is 44.7 Å².